The van der Waals surface area contributed by atoms with Crippen molar-refractivity contribution in [3.05, 3.63) is 55.9 Å². The van der Waals surface area contributed by atoms with Crippen molar-refractivity contribution in [2.45, 2.75) is 97.3 Å². The minimum absolute atomic E-state index is 0. The van der Waals surface area contributed by atoms with Gasteiger partial charge >= 0.3 is 0 Å². The number of aromatic nitrogens is 4. The average molecular weight is 797 g/mol. The second-order valence-electron chi connectivity index (χ2n) is 9.76. The maximum atomic E-state index is 11.8. The van der Waals surface area contributed by atoms with E-state index in [1.54, 1.807) is 12.4 Å². The zero-order valence-electron chi connectivity index (χ0n) is 20.2. The van der Waals surface area contributed by atoms with Crippen molar-refractivity contribution in [2.24, 2.45) is 11.8 Å². The van der Waals surface area contributed by atoms with Crippen LogP contribution in [0.5, 0.6) is 0 Å². The fourth-order valence-corrected chi connectivity index (χ4v) is 4.04. The SMILES string of the molecule is CC(C)c1cnc(CC2CC2)[n-]c1=O.CC(C)c1cnc(CC2CCCCC2)[n-]c1=O.[Re].[Re]. The average Bonchev–Trinajstić information content (AvgIpc) is 3.53. The van der Waals surface area contributed by atoms with Crippen LogP contribution in [0.4, 0.5) is 0 Å². The van der Waals surface area contributed by atoms with Crippen LogP contribution in [-0.2, 0) is 53.7 Å². The molecule has 184 valence electrons. The third-order valence-electron chi connectivity index (χ3n) is 6.27. The van der Waals surface area contributed by atoms with Gasteiger partial charge in [-0.05, 0) is 60.5 Å². The van der Waals surface area contributed by atoms with Crippen LogP contribution in [-0.4, -0.2) is 9.97 Å². The molecule has 0 spiro atoms. The van der Waals surface area contributed by atoms with Gasteiger partial charge < -0.3 is 19.9 Å². The van der Waals surface area contributed by atoms with E-state index in [2.05, 4.69) is 19.9 Å². The molecule has 0 atom stereocenters. The summed E-state index contributed by atoms with van der Waals surface area (Å²) in [5.41, 5.74) is 1.29. The molecule has 2 radical (unpaired) electrons. The summed E-state index contributed by atoms with van der Waals surface area (Å²) < 4.78 is 0. The van der Waals surface area contributed by atoms with Crippen molar-refractivity contribution < 1.29 is 40.8 Å². The number of nitrogens with zero attached hydrogens (tertiary/aromatic N) is 4. The molecule has 2 aliphatic carbocycles. The molecular formula is C25H36N4O2Re2-2. The van der Waals surface area contributed by atoms with Crippen molar-refractivity contribution >= 4 is 0 Å². The van der Waals surface area contributed by atoms with Crippen LogP contribution in [0.3, 0.4) is 0 Å². The first kappa shape index (κ1) is 30.1. The number of hydrogen-bond donors (Lipinski definition) is 0. The number of hydrogen-bond acceptors (Lipinski definition) is 4. The first-order valence-corrected chi connectivity index (χ1v) is 11.9. The second kappa shape index (κ2) is 14.5. The molecule has 0 amide bonds. The summed E-state index contributed by atoms with van der Waals surface area (Å²) in [5.74, 6) is 3.32. The normalized spacial score (nSPS) is 15.9. The van der Waals surface area contributed by atoms with Crippen LogP contribution in [0.2, 0.25) is 0 Å². The molecule has 6 nitrogen and oxygen atoms in total. The Morgan fingerprint density at radius 3 is 1.45 bits per heavy atom. The molecule has 0 unspecified atom stereocenters. The molecule has 33 heavy (non-hydrogen) atoms. The summed E-state index contributed by atoms with van der Waals surface area (Å²) in [6.45, 7) is 7.98. The van der Waals surface area contributed by atoms with Crippen LogP contribution in [0.1, 0.15) is 107 Å². The summed E-state index contributed by atoms with van der Waals surface area (Å²) in [6.07, 6.45) is 14.2. The van der Waals surface area contributed by atoms with Crippen molar-refractivity contribution in [2.75, 3.05) is 0 Å². The van der Waals surface area contributed by atoms with E-state index >= 15 is 0 Å². The van der Waals surface area contributed by atoms with E-state index in [9.17, 15) is 9.59 Å². The molecule has 0 aliphatic heterocycles. The largest absolute Gasteiger partial charge is 0.446 e. The van der Waals surface area contributed by atoms with E-state index in [0.717, 1.165) is 41.5 Å². The van der Waals surface area contributed by atoms with Gasteiger partial charge in [0.1, 0.15) is 0 Å². The maximum Gasteiger partial charge on any atom is 0.173 e. The zero-order valence-corrected chi connectivity index (χ0v) is 25.6. The molecule has 2 aromatic heterocycles. The molecule has 4 rings (SSSR count). The minimum atomic E-state index is -0.0920. The Morgan fingerprint density at radius 2 is 1.12 bits per heavy atom. The third-order valence-corrected chi connectivity index (χ3v) is 6.27. The quantitative estimate of drug-likeness (QED) is 0.438. The predicted molar refractivity (Wildman–Crippen MR) is 123 cm³/mol. The van der Waals surface area contributed by atoms with Gasteiger partial charge in [-0.25, -0.2) is 0 Å². The van der Waals surface area contributed by atoms with Crippen LogP contribution in [0.15, 0.2) is 22.0 Å². The molecule has 0 bridgehead atoms. The van der Waals surface area contributed by atoms with Crippen LogP contribution >= 0.6 is 0 Å². The van der Waals surface area contributed by atoms with Gasteiger partial charge in [0, 0.05) is 40.8 Å². The van der Waals surface area contributed by atoms with Crippen LogP contribution < -0.4 is 21.1 Å². The predicted octanol–water partition coefficient (Wildman–Crippen LogP) is 4.12. The molecular weight excluding hydrogens is 761 g/mol. The Morgan fingerprint density at radius 1 is 0.727 bits per heavy atom. The fraction of sp³-hybridized carbons (Fsp3) is 0.680. The van der Waals surface area contributed by atoms with E-state index in [1.807, 2.05) is 27.7 Å². The third kappa shape index (κ3) is 9.69. The van der Waals surface area contributed by atoms with Gasteiger partial charge in [0.15, 0.2) is 11.1 Å². The van der Waals surface area contributed by atoms with E-state index in [4.69, 9.17) is 0 Å². The topological polar surface area (TPSA) is 88.1 Å². The minimum Gasteiger partial charge on any atom is -0.446 e. The van der Waals surface area contributed by atoms with Gasteiger partial charge in [0.2, 0.25) is 0 Å². The smallest absolute Gasteiger partial charge is 0.173 e. The van der Waals surface area contributed by atoms with Crippen LogP contribution in [0, 0.1) is 11.8 Å². The molecule has 2 heterocycles. The summed E-state index contributed by atoms with van der Waals surface area (Å²) in [6, 6.07) is 0. The van der Waals surface area contributed by atoms with E-state index < -0.39 is 0 Å². The van der Waals surface area contributed by atoms with Gasteiger partial charge in [-0.15, -0.1) is 0 Å². The molecule has 0 saturated heterocycles. The first-order chi connectivity index (χ1) is 14.8. The Labute approximate surface area is 224 Å². The van der Waals surface area contributed by atoms with Crippen LogP contribution in [0.25, 0.3) is 0 Å². The monoisotopic (exact) mass is 798 g/mol. The van der Waals surface area contributed by atoms with E-state index in [0.29, 0.717) is 5.92 Å². The van der Waals surface area contributed by atoms with Crippen molar-refractivity contribution in [1.29, 1.82) is 0 Å². The molecule has 0 aromatic carbocycles. The molecule has 2 saturated carbocycles. The summed E-state index contributed by atoms with van der Waals surface area (Å²) in [5, 5.41) is 0. The summed E-state index contributed by atoms with van der Waals surface area (Å²) in [7, 11) is 0. The molecule has 0 N–H and O–H groups in total. The van der Waals surface area contributed by atoms with Gasteiger partial charge in [-0.2, -0.15) is 0 Å². The first-order valence-electron chi connectivity index (χ1n) is 11.9. The summed E-state index contributed by atoms with van der Waals surface area (Å²) in [4.78, 5) is 40.0. The Balaban J connectivity index is 0.000000316. The summed E-state index contributed by atoms with van der Waals surface area (Å²) >= 11 is 0. The second-order valence-corrected chi connectivity index (χ2v) is 9.76. The number of rotatable bonds is 6. The van der Waals surface area contributed by atoms with E-state index in [-0.39, 0.29) is 63.8 Å². The molecule has 8 heteroatoms. The zero-order chi connectivity index (χ0) is 22.4. The molecule has 2 aromatic rings. The van der Waals surface area contributed by atoms with Crippen molar-refractivity contribution in [3.8, 4) is 0 Å². The molecule has 2 fully saturated rings. The Bertz CT molecular complexity index is 961. The van der Waals surface area contributed by atoms with Gasteiger partial charge in [0.25, 0.3) is 0 Å². The Kier molecular flexibility index (Phi) is 13.2. The maximum absolute atomic E-state index is 11.8. The molecule has 2 aliphatic rings. The van der Waals surface area contributed by atoms with Crippen molar-refractivity contribution in [3.63, 3.8) is 0 Å². The van der Waals surface area contributed by atoms with Gasteiger partial charge in [0.05, 0.1) is 0 Å². The van der Waals surface area contributed by atoms with Crippen molar-refractivity contribution in [1.82, 2.24) is 19.9 Å². The van der Waals surface area contributed by atoms with Gasteiger partial charge in [-0.1, -0.05) is 83.8 Å². The van der Waals surface area contributed by atoms with E-state index in [1.165, 1.54) is 44.9 Å². The Hall–Kier alpha value is -0.915. The van der Waals surface area contributed by atoms with Gasteiger partial charge in [-0.3, -0.25) is 9.59 Å². The standard InChI is InChI=1S/C14H22N2O.C11H16N2O.2Re/c1-10(2)12-9-15-13(16-14(12)17)8-11-6-4-3-5-7-11;1-7(2)9-6-12-10(13-11(9)14)5-8-3-4-8;;/h9-11H,3-8H2,1-2H3,(H,15,16,17);6-8H,3-5H2,1-2H3,(H,12,13,14);;/p-2. The fourth-order valence-electron chi connectivity index (χ4n) is 4.04.